The van der Waals surface area contributed by atoms with Crippen LogP contribution in [0.15, 0.2) is 17.3 Å². The third-order valence-corrected chi connectivity index (χ3v) is 2.96. The number of nitrogens with one attached hydrogen (secondary N) is 1. The zero-order chi connectivity index (χ0) is 13.7. The highest BCUT2D eigenvalue weighted by Gasteiger charge is 2.24. The second kappa shape index (κ2) is 6.44. The van der Waals surface area contributed by atoms with Crippen LogP contribution in [-0.2, 0) is 18.3 Å². The van der Waals surface area contributed by atoms with Gasteiger partial charge in [0.15, 0.2) is 0 Å². The molecule has 1 rings (SSSR count). The van der Waals surface area contributed by atoms with Crippen LogP contribution in [-0.4, -0.2) is 28.7 Å². The molecule has 7 heteroatoms. The Labute approximate surface area is 111 Å². The van der Waals surface area contributed by atoms with E-state index in [9.17, 15) is 4.79 Å². The molecule has 0 aliphatic heterocycles. The van der Waals surface area contributed by atoms with Gasteiger partial charge in [0, 0.05) is 5.10 Å². The maximum absolute atomic E-state index is 11.4. The summed E-state index contributed by atoms with van der Waals surface area (Å²) in [6, 6.07) is 0. The van der Waals surface area contributed by atoms with E-state index in [0.29, 0.717) is 19.1 Å². The maximum atomic E-state index is 11.4. The van der Waals surface area contributed by atoms with Gasteiger partial charge in [-0.25, -0.2) is 9.36 Å². The lowest BCUT2D eigenvalue weighted by Crippen LogP contribution is -2.39. The zero-order valence-corrected chi connectivity index (χ0v) is 12.0. The number of thioether (sulfide) groups is 1. The van der Waals surface area contributed by atoms with Crippen LogP contribution in [0.3, 0.4) is 0 Å². The predicted octanol–water partition coefficient (Wildman–Crippen LogP) is 1.57. The van der Waals surface area contributed by atoms with E-state index in [1.807, 2.05) is 24.8 Å². The summed E-state index contributed by atoms with van der Waals surface area (Å²) in [5, 5.41) is 7.83. The largest absolute Gasteiger partial charge is 0.460 e. The highest BCUT2D eigenvalue weighted by molar-refractivity contribution is 7.98. The third-order valence-electron chi connectivity index (χ3n) is 2.11. The topological polar surface area (TPSA) is 60.0 Å². The summed E-state index contributed by atoms with van der Waals surface area (Å²) in [5.74, 6) is 0.461. The Hall–Kier alpha value is -1.50. The van der Waals surface area contributed by atoms with Crippen molar-refractivity contribution in [3.05, 3.63) is 12.2 Å². The fraction of sp³-hybridized carbons (Fsp3) is 0.545. The molecular weight excluding hydrogens is 252 g/mol. The SMILES string of the molecule is C=C(C)C[n+]1c(NC(=O)OCC)nn(C)c1SC. The summed E-state index contributed by atoms with van der Waals surface area (Å²) in [7, 11) is 1.83. The van der Waals surface area contributed by atoms with E-state index in [4.69, 9.17) is 4.74 Å². The van der Waals surface area contributed by atoms with Gasteiger partial charge in [-0.05, 0) is 25.7 Å². The molecule has 1 amide bonds. The van der Waals surface area contributed by atoms with Gasteiger partial charge in [-0.3, -0.25) is 0 Å². The van der Waals surface area contributed by atoms with E-state index in [-0.39, 0.29) is 0 Å². The fourth-order valence-corrected chi connectivity index (χ4v) is 2.19. The monoisotopic (exact) mass is 271 g/mol. The molecule has 0 atom stereocenters. The van der Waals surface area contributed by atoms with Crippen molar-refractivity contribution in [2.24, 2.45) is 7.05 Å². The summed E-state index contributed by atoms with van der Waals surface area (Å²) in [4.78, 5) is 11.4. The molecule has 18 heavy (non-hydrogen) atoms. The van der Waals surface area contributed by atoms with Crippen molar-refractivity contribution < 1.29 is 14.1 Å². The van der Waals surface area contributed by atoms with Crippen LogP contribution in [0.5, 0.6) is 0 Å². The molecule has 0 unspecified atom stereocenters. The fourth-order valence-electron chi connectivity index (χ4n) is 1.51. The second-order valence-corrected chi connectivity index (χ2v) is 4.60. The van der Waals surface area contributed by atoms with E-state index < -0.39 is 6.09 Å². The first-order chi connectivity index (χ1) is 8.49. The molecule has 0 aliphatic carbocycles. The van der Waals surface area contributed by atoms with Crippen molar-refractivity contribution in [2.45, 2.75) is 25.5 Å². The van der Waals surface area contributed by atoms with Crippen molar-refractivity contribution in [3.63, 3.8) is 0 Å². The lowest BCUT2D eigenvalue weighted by atomic mass is 10.3. The van der Waals surface area contributed by atoms with Gasteiger partial charge in [-0.1, -0.05) is 18.3 Å². The summed E-state index contributed by atoms with van der Waals surface area (Å²) in [5.41, 5.74) is 0.982. The molecule has 1 aromatic rings. The Morgan fingerprint density at radius 3 is 2.83 bits per heavy atom. The first kappa shape index (κ1) is 14.6. The van der Waals surface area contributed by atoms with Crippen molar-refractivity contribution in [2.75, 3.05) is 18.2 Å². The standard InChI is InChI=1S/C11H18N4O2S/c1-6-17-10(16)12-9-13-14(4)11(18-5)15(9)7-8(2)3/h2,6-7H2,1,3-5H3/p+1. The van der Waals surface area contributed by atoms with Crippen molar-refractivity contribution in [1.82, 2.24) is 9.78 Å². The minimum atomic E-state index is -0.501. The highest BCUT2D eigenvalue weighted by atomic mass is 32.2. The van der Waals surface area contributed by atoms with E-state index >= 15 is 0 Å². The van der Waals surface area contributed by atoms with Crippen molar-refractivity contribution >= 4 is 23.8 Å². The van der Waals surface area contributed by atoms with E-state index in [0.717, 1.165) is 10.7 Å². The van der Waals surface area contributed by atoms with Crippen LogP contribution in [0.4, 0.5) is 10.7 Å². The highest BCUT2D eigenvalue weighted by Crippen LogP contribution is 2.12. The Balaban J connectivity index is 3.02. The molecule has 0 fully saturated rings. The number of nitrogens with zero attached hydrogens (tertiary/aromatic N) is 3. The Kier molecular flexibility index (Phi) is 5.21. The van der Waals surface area contributed by atoms with Crippen molar-refractivity contribution in [1.29, 1.82) is 0 Å². The molecule has 1 aromatic heterocycles. The number of carbonyl (C=O) groups is 1. The van der Waals surface area contributed by atoms with Gasteiger partial charge >= 0.3 is 12.0 Å². The number of allylic oxidation sites excluding steroid dienone is 1. The normalized spacial score (nSPS) is 10.2. The van der Waals surface area contributed by atoms with Gasteiger partial charge in [0.1, 0.15) is 0 Å². The minimum absolute atomic E-state index is 0.328. The molecule has 0 bridgehead atoms. The van der Waals surface area contributed by atoms with Gasteiger partial charge in [0.05, 0.1) is 20.2 Å². The Morgan fingerprint density at radius 1 is 1.67 bits per heavy atom. The minimum Gasteiger partial charge on any atom is -0.441 e. The number of rotatable bonds is 5. The number of ether oxygens (including phenoxy) is 1. The quantitative estimate of drug-likeness (QED) is 0.502. The van der Waals surface area contributed by atoms with Crippen LogP contribution in [0, 0.1) is 0 Å². The van der Waals surface area contributed by atoms with Crippen LogP contribution in [0.2, 0.25) is 0 Å². The Morgan fingerprint density at radius 2 is 2.33 bits per heavy atom. The molecule has 0 aliphatic rings. The maximum Gasteiger partial charge on any atom is 0.460 e. The summed E-state index contributed by atoms with van der Waals surface area (Å²) < 4.78 is 8.46. The van der Waals surface area contributed by atoms with Gasteiger partial charge in [0.2, 0.25) is 0 Å². The lowest BCUT2D eigenvalue weighted by molar-refractivity contribution is -0.713. The van der Waals surface area contributed by atoms with E-state index in [1.54, 1.807) is 23.4 Å². The first-order valence-corrected chi connectivity index (χ1v) is 6.81. The molecule has 1 heterocycles. The van der Waals surface area contributed by atoms with Crippen LogP contribution < -0.4 is 9.88 Å². The first-order valence-electron chi connectivity index (χ1n) is 5.58. The molecular formula is C11H19N4O2S+. The average molecular weight is 271 g/mol. The number of hydrogen-bond acceptors (Lipinski definition) is 4. The number of amides is 1. The van der Waals surface area contributed by atoms with Crippen LogP contribution in [0.1, 0.15) is 13.8 Å². The van der Waals surface area contributed by atoms with E-state index in [2.05, 4.69) is 17.0 Å². The molecule has 0 saturated carbocycles. The van der Waals surface area contributed by atoms with Crippen molar-refractivity contribution in [3.8, 4) is 0 Å². The lowest BCUT2D eigenvalue weighted by Gasteiger charge is -2.03. The molecule has 0 spiro atoms. The molecule has 0 radical (unpaired) electrons. The third kappa shape index (κ3) is 3.49. The zero-order valence-electron chi connectivity index (χ0n) is 11.2. The van der Waals surface area contributed by atoms with Gasteiger partial charge in [-0.15, -0.1) is 4.68 Å². The molecule has 100 valence electrons. The van der Waals surface area contributed by atoms with Gasteiger partial charge in [0.25, 0.3) is 5.16 Å². The number of aromatic nitrogens is 3. The summed E-state index contributed by atoms with van der Waals surface area (Å²) >= 11 is 1.56. The molecule has 0 aromatic carbocycles. The second-order valence-electron chi connectivity index (χ2n) is 3.82. The van der Waals surface area contributed by atoms with Gasteiger partial charge in [-0.2, -0.15) is 5.32 Å². The molecule has 6 nitrogen and oxygen atoms in total. The smallest absolute Gasteiger partial charge is 0.441 e. The number of carbonyl (C=O) groups excluding carboxylic acids is 1. The molecule has 1 N–H and O–H groups in total. The van der Waals surface area contributed by atoms with Gasteiger partial charge < -0.3 is 4.74 Å². The number of anilines is 1. The van der Waals surface area contributed by atoms with E-state index in [1.165, 1.54) is 0 Å². The number of hydrogen-bond donors (Lipinski definition) is 1. The Bertz CT molecular complexity index is 456. The number of aryl methyl sites for hydroxylation is 1. The average Bonchev–Trinajstić information content (AvgIpc) is 2.54. The predicted molar refractivity (Wildman–Crippen MR) is 70.6 cm³/mol. The molecule has 0 saturated heterocycles. The summed E-state index contributed by atoms with van der Waals surface area (Å²) in [6.45, 7) is 8.50. The van der Waals surface area contributed by atoms with Crippen LogP contribution >= 0.6 is 11.8 Å². The summed E-state index contributed by atoms with van der Waals surface area (Å²) in [6.07, 6.45) is 1.46. The van der Waals surface area contributed by atoms with Crippen LogP contribution in [0.25, 0.3) is 0 Å².